The van der Waals surface area contributed by atoms with Crippen LogP contribution in [0, 0.1) is 6.92 Å². The summed E-state index contributed by atoms with van der Waals surface area (Å²) in [5.74, 6) is 0.598. The highest BCUT2D eigenvalue weighted by atomic mass is 16.5. The fraction of sp³-hybridized carbons (Fsp3) is 0.350. The molecule has 2 aromatic carbocycles. The molecule has 0 aliphatic rings. The number of aryl methyl sites for hydroxylation is 1. The molecule has 0 aliphatic carbocycles. The second-order valence-electron chi connectivity index (χ2n) is 6.00. The third-order valence-electron chi connectivity index (χ3n) is 3.80. The monoisotopic (exact) mass is 327 g/mol. The van der Waals surface area contributed by atoms with Gasteiger partial charge in [0.1, 0.15) is 5.75 Å². The number of ether oxygens (including phenoxy) is 2. The van der Waals surface area contributed by atoms with Crippen LogP contribution in [-0.4, -0.2) is 19.1 Å². The van der Waals surface area contributed by atoms with Gasteiger partial charge in [-0.3, -0.25) is 4.79 Å². The van der Waals surface area contributed by atoms with Crippen LogP contribution >= 0.6 is 0 Å². The molecule has 2 rings (SSSR count). The zero-order valence-corrected chi connectivity index (χ0v) is 14.8. The van der Waals surface area contributed by atoms with Gasteiger partial charge in [-0.1, -0.05) is 30.3 Å². The number of carbonyl (C=O) groups excluding carboxylic acids is 1. The second-order valence-corrected chi connectivity index (χ2v) is 6.00. The fourth-order valence-electron chi connectivity index (χ4n) is 2.37. The van der Waals surface area contributed by atoms with Crippen molar-refractivity contribution in [1.29, 1.82) is 0 Å². The predicted octanol–water partition coefficient (Wildman–Crippen LogP) is 3.86. The number of benzene rings is 2. The molecule has 0 heterocycles. The Kier molecular flexibility index (Phi) is 6.38. The van der Waals surface area contributed by atoms with Crippen molar-refractivity contribution in [1.82, 2.24) is 5.32 Å². The maximum atomic E-state index is 12.4. The topological polar surface area (TPSA) is 47.6 Å². The van der Waals surface area contributed by atoms with Gasteiger partial charge in [-0.05, 0) is 49.6 Å². The Morgan fingerprint density at radius 2 is 1.83 bits per heavy atom. The smallest absolute Gasteiger partial charge is 0.251 e. The normalized spacial score (nSPS) is 10.7. The molecule has 0 unspecified atom stereocenters. The van der Waals surface area contributed by atoms with Crippen molar-refractivity contribution in [3.05, 3.63) is 64.7 Å². The highest BCUT2D eigenvalue weighted by molar-refractivity contribution is 5.94. The molecule has 24 heavy (non-hydrogen) atoms. The number of nitrogens with one attached hydrogen (secondary N) is 1. The molecule has 0 radical (unpaired) electrons. The summed E-state index contributed by atoms with van der Waals surface area (Å²) >= 11 is 0. The summed E-state index contributed by atoms with van der Waals surface area (Å²) in [5.41, 5.74) is 3.75. The van der Waals surface area contributed by atoms with Gasteiger partial charge in [0.25, 0.3) is 5.91 Å². The molecule has 0 atom stereocenters. The van der Waals surface area contributed by atoms with Gasteiger partial charge in [-0.25, -0.2) is 0 Å². The fourth-order valence-corrected chi connectivity index (χ4v) is 2.37. The van der Waals surface area contributed by atoms with E-state index in [1.165, 1.54) is 0 Å². The molecule has 0 aromatic heterocycles. The Morgan fingerprint density at radius 1 is 1.12 bits per heavy atom. The van der Waals surface area contributed by atoms with E-state index in [0.717, 1.165) is 16.7 Å². The quantitative estimate of drug-likeness (QED) is 0.840. The summed E-state index contributed by atoms with van der Waals surface area (Å²) in [4.78, 5) is 12.4. The average Bonchev–Trinajstić information content (AvgIpc) is 2.58. The van der Waals surface area contributed by atoms with E-state index in [1.54, 1.807) is 19.2 Å². The van der Waals surface area contributed by atoms with Crippen LogP contribution in [0.25, 0.3) is 0 Å². The Morgan fingerprint density at radius 3 is 2.50 bits per heavy atom. The average molecular weight is 327 g/mol. The lowest BCUT2D eigenvalue weighted by Gasteiger charge is -2.13. The predicted molar refractivity (Wildman–Crippen MR) is 95.3 cm³/mol. The number of carbonyl (C=O) groups is 1. The minimum absolute atomic E-state index is 0.118. The third kappa shape index (κ3) is 4.83. The summed E-state index contributed by atoms with van der Waals surface area (Å²) in [6.45, 7) is 6.98. The summed E-state index contributed by atoms with van der Waals surface area (Å²) < 4.78 is 10.9. The molecule has 0 fully saturated rings. The number of methoxy groups -OCH3 is 1. The lowest BCUT2D eigenvalue weighted by molar-refractivity contribution is 0.0651. The van der Waals surface area contributed by atoms with Crippen LogP contribution in [0.4, 0.5) is 0 Å². The Hall–Kier alpha value is -2.33. The zero-order chi connectivity index (χ0) is 17.5. The van der Waals surface area contributed by atoms with Crippen LogP contribution in [0.5, 0.6) is 5.75 Å². The van der Waals surface area contributed by atoms with Crippen LogP contribution in [-0.2, 0) is 17.9 Å². The molecule has 128 valence electrons. The Bertz CT molecular complexity index is 695. The van der Waals surface area contributed by atoms with Gasteiger partial charge < -0.3 is 14.8 Å². The van der Waals surface area contributed by atoms with Crippen molar-refractivity contribution >= 4 is 5.91 Å². The van der Waals surface area contributed by atoms with E-state index >= 15 is 0 Å². The summed E-state index contributed by atoms with van der Waals surface area (Å²) in [7, 11) is 1.61. The van der Waals surface area contributed by atoms with Crippen molar-refractivity contribution in [2.24, 2.45) is 0 Å². The number of amides is 1. The van der Waals surface area contributed by atoms with E-state index in [1.807, 2.05) is 51.1 Å². The van der Waals surface area contributed by atoms with E-state index in [4.69, 9.17) is 9.47 Å². The first kappa shape index (κ1) is 18.0. The first-order valence-corrected chi connectivity index (χ1v) is 8.12. The van der Waals surface area contributed by atoms with Gasteiger partial charge in [0.05, 0.1) is 19.8 Å². The Balaban J connectivity index is 2.04. The maximum absolute atomic E-state index is 12.4. The summed E-state index contributed by atoms with van der Waals surface area (Å²) in [6, 6.07) is 13.4. The molecular weight excluding hydrogens is 302 g/mol. The van der Waals surface area contributed by atoms with E-state index < -0.39 is 0 Å². The van der Waals surface area contributed by atoms with Crippen LogP contribution in [0.2, 0.25) is 0 Å². The largest absolute Gasteiger partial charge is 0.496 e. The van der Waals surface area contributed by atoms with Crippen molar-refractivity contribution in [2.45, 2.75) is 40.0 Å². The molecule has 4 nitrogen and oxygen atoms in total. The zero-order valence-electron chi connectivity index (χ0n) is 14.8. The van der Waals surface area contributed by atoms with Gasteiger partial charge in [0.2, 0.25) is 0 Å². The molecule has 1 amide bonds. The summed E-state index contributed by atoms with van der Waals surface area (Å²) in [6.07, 6.45) is 0.174. The molecule has 0 bridgehead atoms. The first-order valence-electron chi connectivity index (χ1n) is 8.12. The highest BCUT2D eigenvalue weighted by Crippen LogP contribution is 2.19. The first-order chi connectivity index (χ1) is 11.5. The molecule has 0 aliphatic heterocycles. The third-order valence-corrected chi connectivity index (χ3v) is 3.80. The van der Waals surface area contributed by atoms with Gasteiger partial charge in [0, 0.05) is 12.1 Å². The van der Waals surface area contributed by atoms with Crippen molar-refractivity contribution in [3.63, 3.8) is 0 Å². The molecule has 0 saturated heterocycles. The molecule has 0 saturated carbocycles. The van der Waals surface area contributed by atoms with Crippen LogP contribution in [0.3, 0.4) is 0 Å². The van der Waals surface area contributed by atoms with Crippen LogP contribution < -0.4 is 10.1 Å². The van der Waals surface area contributed by atoms with Gasteiger partial charge in [-0.2, -0.15) is 0 Å². The molecular formula is C20H25NO3. The second kappa shape index (κ2) is 8.50. The van der Waals surface area contributed by atoms with Crippen LogP contribution in [0.15, 0.2) is 42.5 Å². The van der Waals surface area contributed by atoms with Gasteiger partial charge in [0.15, 0.2) is 0 Å². The van der Waals surface area contributed by atoms with E-state index in [9.17, 15) is 4.79 Å². The van der Waals surface area contributed by atoms with Gasteiger partial charge in [-0.15, -0.1) is 0 Å². The molecule has 1 N–H and O–H groups in total. The Labute approximate surface area is 143 Å². The van der Waals surface area contributed by atoms with E-state index in [0.29, 0.717) is 24.5 Å². The number of hydrogen-bond donors (Lipinski definition) is 1. The van der Waals surface area contributed by atoms with Crippen molar-refractivity contribution in [3.8, 4) is 5.75 Å². The van der Waals surface area contributed by atoms with E-state index in [2.05, 4.69) is 5.32 Å². The summed E-state index contributed by atoms with van der Waals surface area (Å²) in [5, 5.41) is 2.96. The SMILES string of the molecule is COc1cc(C(=O)NCc2ccccc2COC(C)C)ccc1C. The van der Waals surface area contributed by atoms with Crippen molar-refractivity contribution in [2.75, 3.05) is 7.11 Å². The lowest BCUT2D eigenvalue weighted by Crippen LogP contribution is -2.23. The number of hydrogen-bond acceptors (Lipinski definition) is 3. The molecule has 2 aromatic rings. The minimum atomic E-state index is -0.118. The lowest BCUT2D eigenvalue weighted by atomic mass is 10.1. The minimum Gasteiger partial charge on any atom is -0.496 e. The highest BCUT2D eigenvalue weighted by Gasteiger charge is 2.10. The molecule has 4 heteroatoms. The number of rotatable bonds is 7. The van der Waals surface area contributed by atoms with Crippen LogP contribution in [0.1, 0.15) is 40.9 Å². The van der Waals surface area contributed by atoms with Crippen molar-refractivity contribution < 1.29 is 14.3 Å². The van der Waals surface area contributed by atoms with Gasteiger partial charge >= 0.3 is 0 Å². The standard InChI is InChI=1S/C20H25NO3/c1-14(2)24-13-18-8-6-5-7-17(18)12-21-20(22)16-10-9-15(3)19(11-16)23-4/h5-11,14H,12-13H2,1-4H3,(H,21,22). The maximum Gasteiger partial charge on any atom is 0.251 e. The van der Waals surface area contributed by atoms with E-state index in [-0.39, 0.29) is 12.0 Å². The molecule has 0 spiro atoms.